The van der Waals surface area contributed by atoms with Gasteiger partial charge in [0.2, 0.25) is 0 Å². The Bertz CT molecular complexity index is 611. The van der Waals surface area contributed by atoms with Crippen molar-refractivity contribution in [2.45, 2.75) is 57.8 Å². The van der Waals surface area contributed by atoms with Crippen molar-refractivity contribution in [2.75, 3.05) is 0 Å². The third-order valence-corrected chi connectivity index (χ3v) is 3.97. The van der Waals surface area contributed by atoms with Gasteiger partial charge in [0.1, 0.15) is 11.6 Å². The van der Waals surface area contributed by atoms with E-state index < -0.39 is 0 Å². The van der Waals surface area contributed by atoms with Crippen molar-refractivity contribution < 1.29 is 0 Å². The van der Waals surface area contributed by atoms with Crippen molar-refractivity contribution in [1.82, 2.24) is 40.3 Å². The molecule has 2 aromatic heterocycles. The highest BCUT2D eigenvalue weighted by atomic mass is 15.6. The van der Waals surface area contributed by atoms with Crippen molar-refractivity contribution in [3.8, 4) is 0 Å². The Hall–Kier alpha value is -1.83. The molecule has 1 aliphatic carbocycles. The number of fused-ring (bicyclic) bond motifs is 1. The molecule has 0 aromatic carbocycles. The summed E-state index contributed by atoms with van der Waals surface area (Å²) in [7, 11) is 0. The van der Waals surface area contributed by atoms with Gasteiger partial charge in [0.25, 0.3) is 0 Å². The molecule has 1 saturated carbocycles. The van der Waals surface area contributed by atoms with E-state index in [1.54, 1.807) is 0 Å². The van der Waals surface area contributed by atoms with E-state index in [1.807, 2.05) is 16.3 Å². The third kappa shape index (κ3) is 2.20. The van der Waals surface area contributed by atoms with Gasteiger partial charge in [-0.2, -0.15) is 5.10 Å². The predicted octanol–water partition coefficient (Wildman–Crippen LogP) is 0.0125. The quantitative estimate of drug-likeness (QED) is 0.845. The highest BCUT2D eigenvalue weighted by Crippen LogP contribution is 2.34. The van der Waals surface area contributed by atoms with Crippen LogP contribution in [0, 0.1) is 6.92 Å². The predicted molar refractivity (Wildman–Crippen MR) is 69.8 cm³/mol. The van der Waals surface area contributed by atoms with Crippen LogP contribution in [-0.4, -0.2) is 41.0 Å². The lowest BCUT2D eigenvalue weighted by Crippen LogP contribution is -2.38. The summed E-state index contributed by atoms with van der Waals surface area (Å²) in [5, 5.41) is 19.9. The van der Waals surface area contributed by atoms with Crippen LogP contribution in [0.25, 0.3) is 0 Å². The van der Waals surface area contributed by atoms with Crippen LogP contribution >= 0.6 is 0 Å². The van der Waals surface area contributed by atoms with Crippen molar-refractivity contribution in [3.63, 3.8) is 0 Å². The smallest absolute Gasteiger partial charge is 0.165 e. The number of hydrogen-bond donors (Lipinski definition) is 1. The van der Waals surface area contributed by atoms with E-state index in [2.05, 4.69) is 30.9 Å². The molecule has 1 atom stereocenters. The van der Waals surface area contributed by atoms with Crippen LogP contribution < -0.4 is 5.32 Å². The minimum atomic E-state index is 0.410. The monoisotopic (exact) mass is 274 g/mol. The summed E-state index contributed by atoms with van der Waals surface area (Å²) < 4.78 is 3.97. The van der Waals surface area contributed by atoms with Crippen LogP contribution in [0.5, 0.6) is 0 Å². The summed E-state index contributed by atoms with van der Waals surface area (Å²) in [5.41, 5.74) is 0. The molecule has 2 aliphatic rings. The first-order chi connectivity index (χ1) is 9.79. The standard InChI is InChI=1S/C12H18N8/c1-8-14-11-5-2-9(7-19(11)16-8)13-6-12-15-17-18-20(12)10-3-4-10/h9-10,13H,2-7H2,1H3/t9-/m1/s1. The van der Waals surface area contributed by atoms with Gasteiger partial charge in [-0.25, -0.2) is 14.3 Å². The molecular formula is C12H18N8. The zero-order valence-electron chi connectivity index (χ0n) is 11.5. The maximum atomic E-state index is 4.43. The van der Waals surface area contributed by atoms with E-state index in [-0.39, 0.29) is 0 Å². The Morgan fingerprint density at radius 3 is 3.05 bits per heavy atom. The van der Waals surface area contributed by atoms with Crippen LogP contribution in [0.2, 0.25) is 0 Å². The van der Waals surface area contributed by atoms with E-state index in [0.29, 0.717) is 12.1 Å². The van der Waals surface area contributed by atoms with Gasteiger partial charge in [-0.15, -0.1) is 5.10 Å². The molecule has 0 saturated heterocycles. The molecule has 0 amide bonds. The Balaban J connectivity index is 1.39. The Labute approximate surface area is 116 Å². The van der Waals surface area contributed by atoms with E-state index in [0.717, 1.165) is 43.4 Å². The fraction of sp³-hybridized carbons (Fsp3) is 0.750. The molecule has 2 aromatic rings. The lowest BCUT2D eigenvalue weighted by Gasteiger charge is -2.23. The summed E-state index contributed by atoms with van der Waals surface area (Å²) >= 11 is 0. The first-order valence-electron chi connectivity index (χ1n) is 7.20. The van der Waals surface area contributed by atoms with Gasteiger partial charge in [0.05, 0.1) is 19.1 Å². The summed E-state index contributed by atoms with van der Waals surface area (Å²) in [6, 6.07) is 0.936. The number of nitrogens with zero attached hydrogens (tertiary/aromatic N) is 7. The summed E-state index contributed by atoms with van der Waals surface area (Å²) in [5.74, 6) is 2.90. The zero-order valence-corrected chi connectivity index (χ0v) is 11.5. The lowest BCUT2D eigenvalue weighted by molar-refractivity contribution is 0.351. The second-order valence-corrected chi connectivity index (χ2v) is 5.64. The van der Waals surface area contributed by atoms with E-state index >= 15 is 0 Å². The van der Waals surface area contributed by atoms with Crippen molar-refractivity contribution in [1.29, 1.82) is 0 Å². The number of aromatic nitrogens is 7. The summed E-state index contributed by atoms with van der Waals surface area (Å²) in [6.07, 6.45) is 4.46. The molecule has 4 rings (SSSR count). The van der Waals surface area contributed by atoms with Crippen LogP contribution in [-0.2, 0) is 19.5 Å². The third-order valence-electron chi connectivity index (χ3n) is 3.97. The maximum Gasteiger partial charge on any atom is 0.165 e. The van der Waals surface area contributed by atoms with Gasteiger partial charge in [0, 0.05) is 12.5 Å². The minimum Gasteiger partial charge on any atom is -0.305 e. The Kier molecular flexibility index (Phi) is 2.76. The zero-order chi connectivity index (χ0) is 13.5. The Morgan fingerprint density at radius 1 is 1.30 bits per heavy atom. The SMILES string of the molecule is Cc1nc2n(n1)C[C@H](NCc1nnnn1C1CC1)CC2. The van der Waals surface area contributed by atoms with Gasteiger partial charge < -0.3 is 5.32 Å². The molecule has 0 spiro atoms. The van der Waals surface area contributed by atoms with Crippen molar-refractivity contribution in [2.24, 2.45) is 0 Å². The van der Waals surface area contributed by atoms with E-state index in [4.69, 9.17) is 0 Å². The van der Waals surface area contributed by atoms with Gasteiger partial charge >= 0.3 is 0 Å². The average molecular weight is 274 g/mol. The summed E-state index contributed by atoms with van der Waals surface area (Å²) in [6.45, 7) is 3.54. The lowest BCUT2D eigenvalue weighted by atomic mass is 10.1. The number of tetrazole rings is 1. The molecule has 1 aliphatic heterocycles. The molecule has 1 N–H and O–H groups in total. The molecule has 0 radical (unpaired) electrons. The van der Waals surface area contributed by atoms with E-state index in [1.165, 1.54) is 12.8 Å². The van der Waals surface area contributed by atoms with Crippen molar-refractivity contribution in [3.05, 3.63) is 17.5 Å². The van der Waals surface area contributed by atoms with Crippen LogP contribution in [0.15, 0.2) is 0 Å². The largest absolute Gasteiger partial charge is 0.305 e. The minimum absolute atomic E-state index is 0.410. The molecule has 3 heterocycles. The number of rotatable bonds is 4. The normalized spacial score (nSPS) is 21.9. The second-order valence-electron chi connectivity index (χ2n) is 5.64. The van der Waals surface area contributed by atoms with Gasteiger partial charge in [-0.1, -0.05) is 0 Å². The van der Waals surface area contributed by atoms with E-state index in [9.17, 15) is 0 Å². The Morgan fingerprint density at radius 2 is 2.20 bits per heavy atom. The first kappa shape index (κ1) is 12.0. The molecule has 0 unspecified atom stereocenters. The molecule has 8 heteroatoms. The molecule has 8 nitrogen and oxygen atoms in total. The fourth-order valence-electron chi connectivity index (χ4n) is 2.77. The maximum absolute atomic E-state index is 4.43. The van der Waals surface area contributed by atoms with Gasteiger partial charge in [-0.3, -0.25) is 0 Å². The highest BCUT2D eigenvalue weighted by molar-refractivity contribution is 4.97. The van der Waals surface area contributed by atoms with Crippen LogP contribution in [0.1, 0.15) is 42.8 Å². The number of nitrogens with one attached hydrogen (secondary N) is 1. The first-order valence-corrected chi connectivity index (χ1v) is 7.20. The number of aryl methyl sites for hydroxylation is 2. The van der Waals surface area contributed by atoms with Gasteiger partial charge in [0.15, 0.2) is 5.82 Å². The molecular weight excluding hydrogens is 256 g/mol. The summed E-state index contributed by atoms with van der Waals surface area (Å²) in [4.78, 5) is 4.43. The highest BCUT2D eigenvalue weighted by Gasteiger charge is 2.28. The fourth-order valence-corrected chi connectivity index (χ4v) is 2.77. The second kappa shape index (κ2) is 4.62. The topological polar surface area (TPSA) is 86.3 Å². The number of hydrogen-bond acceptors (Lipinski definition) is 6. The molecule has 106 valence electrons. The average Bonchev–Trinajstić information content (AvgIpc) is 3.05. The van der Waals surface area contributed by atoms with Crippen LogP contribution in [0.4, 0.5) is 0 Å². The van der Waals surface area contributed by atoms with Crippen molar-refractivity contribution >= 4 is 0 Å². The van der Waals surface area contributed by atoms with Gasteiger partial charge in [-0.05, 0) is 36.6 Å². The molecule has 20 heavy (non-hydrogen) atoms. The molecule has 1 fully saturated rings. The van der Waals surface area contributed by atoms with Crippen LogP contribution in [0.3, 0.4) is 0 Å². The molecule has 0 bridgehead atoms.